The third kappa shape index (κ3) is 4.06. The monoisotopic (exact) mass is 406 g/mol. The molecule has 3 unspecified atom stereocenters. The number of hydrogen-bond donors (Lipinski definition) is 2. The Balaban J connectivity index is 0.00000210. The summed E-state index contributed by atoms with van der Waals surface area (Å²) in [7, 11) is -3.53. The molecular weight excluding hydrogens is 380 g/mol. The third-order valence-electron chi connectivity index (χ3n) is 6.26. The van der Waals surface area contributed by atoms with Gasteiger partial charge < -0.3 is 5.32 Å². The molecule has 3 atom stereocenters. The van der Waals surface area contributed by atoms with Gasteiger partial charge in [0.1, 0.15) is 0 Å². The molecular formula is C21H27ClN2O2S. The van der Waals surface area contributed by atoms with Crippen molar-refractivity contribution >= 4 is 22.4 Å². The highest BCUT2D eigenvalue weighted by atomic mass is 35.5. The van der Waals surface area contributed by atoms with Gasteiger partial charge in [0.15, 0.2) is 0 Å². The molecule has 2 aromatic carbocycles. The molecule has 2 fully saturated rings. The van der Waals surface area contributed by atoms with Crippen LogP contribution in [-0.2, 0) is 16.4 Å². The summed E-state index contributed by atoms with van der Waals surface area (Å²) in [5, 5.41) is 8.60. The van der Waals surface area contributed by atoms with Gasteiger partial charge in [-0.05, 0) is 54.2 Å². The van der Waals surface area contributed by atoms with Crippen molar-refractivity contribution in [2.45, 2.75) is 37.5 Å². The SMILES string of the molecule is CC(C1C(Cc2cccc(-c3ccccc3)c2)NCC12CC2)S(N)(=O)=O.Cl. The van der Waals surface area contributed by atoms with E-state index in [1.54, 1.807) is 6.92 Å². The topological polar surface area (TPSA) is 72.2 Å². The largest absolute Gasteiger partial charge is 0.313 e. The number of halogens is 1. The summed E-state index contributed by atoms with van der Waals surface area (Å²) >= 11 is 0. The van der Waals surface area contributed by atoms with E-state index in [1.165, 1.54) is 16.7 Å². The van der Waals surface area contributed by atoms with Crippen molar-refractivity contribution in [3.05, 3.63) is 60.2 Å². The van der Waals surface area contributed by atoms with Crippen LogP contribution in [-0.4, -0.2) is 26.3 Å². The highest BCUT2D eigenvalue weighted by molar-refractivity contribution is 7.89. The number of hydrogen-bond acceptors (Lipinski definition) is 3. The molecule has 0 bridgehead atoms. The molecule has 0 amide bonds. The van der Waals surface area contributed by atoms with Gasteiger partial charge in [0.05, 0.1) is 5.25 Å². The van der Waals surface area contributed by atoms with Crippen LogP contribution in [0, 0.1) is 11.3 Å². The molecule has 3 N–H and O–H groups in total. The van der Waals surface area contributed by atoms with Crippen LogP contribution < -0.4 is 10.5 Å². The fourth-order valence-electron chi connectivity index (χ4n) is 4.67. The quantitative estimate of drug-likeness (QED) is 0.799. The second kappa shape index (κ2) is 7.55. The summed E-state index contributed by atoms with van der Waals surface area (Å²) in [4.78, 5) is 0. The minimum Gasteiger partial charge on any atom is -0.313 e. The van der Waals surface area contributed by atoms with Crippen molar-refractivity contribution in [1.82, 2.24) is 5.32 Å². The first-order chi connectivity index (χ1) is 12.4. The van der Waals surface area contributed by atoms with Crippen molar-refractivity contribution in [2.75, 3.05) is 6.54 Å². The Morgan fingerprint density at radius 2 is 1.78 bits per heavy atom. The number of nitrogens with two attached hydrogens (primary N) is 1. The molecule has 0 aromatic heterocycles. The van der Waals surface area contributed by atoms with Crippen LogP contribution in [0.3, 0.4) is 0 Å². The maximum Gasteiger partial charge on any atom is 0.212 e. The van der Waals surface area contributed by atoms with Gasteiger partial charge in [-0.2, -0.15) is 0 Å². The molecule has 1 saturated heterocycles. The first-order valence-corrected chi connectivity index (χ1v) is 10.9. The number of rotatable bonds is 5. The van der Waals surface area contributed by atoms with Gasteiger partial charge in [-0.1, -0.05) is 54.6 Å². The Labute approximate surface area is 168 Å². The molecule has 4 rings (SSSR count). The Bertz CT molecular complexity index is 897. The van der Waals surface area contributed by atoms with E-state index in [0.717, 1.165) is 25.8 Å². The van der Waals surface area contributed by atoms with E-state index in [2.05, 4.69) is 41.7 Å². The van der Waals surface area contributed by atoms with Crippen LogP contribution in [0.2, 0.25) is 0 Å². The zero-order valence-corrected chi connectivity index (χ0v) is 17.1. The fraction of sp³-hybridized carbons (Fsp3) is 0.429. The van der Waals surface area contributed by atoms with Gasteiger partial charge in [0, 0.05) is 12.6 Å². The lowest BCUT2D eigenvalue weighted by Crippen LogP contribution is -2.42. The average molecular weight is 407 g/mol. The molecule has 1 spiro atoms. The number of nitrogens with one attached hydrogen (secondary N) is 1. The van der Waals surface area contributed by atoms with E-state index in [1.807, 2.05) is 18.2 Å². The van der Waals surface area contributed by atoms with Gasteiger partial charge in [0.2, 0.25) is 10.0 Å². The van der Waals surface area contributed by atoms with Crippen molar-refractivity contribution in [3.8, 4) is 11.1 Å². The molecule has 1 saturated carbocycles. The average Bonchev–Trinajstić information content (AvgIpc) is 3.32. The van der Waals surface area contributed by atoms with Gasteiger partial charge >= 0.3 is 0 Å². The van der Waals surface area contributed by atoms with E-state index in [0.29, 0.717) is 0 Å². The predicted molar refractivity (Wildman–Crippen MR) is 112 cm³/mol. The highest BCUT2D eigenvalue weighted by Gasteiger charge is 2.59. The second-order valence-corrected chi connectivity index (χ2v) is 9.86. The van der Waals surface area contributed by atoms with Crippen LogP contribution in [0.25, 0.3) is 11.1 Å². The first kappa shape index (κ1) is 20.3. The van der Waals surface area contributed by atoms with Crippen LogP contribution in [0.1, 0.15) is 25.3 Å². The number of benzene rings is 2. The lowest BCUT2D eigenvalue weighted by molar-refractivity contribution is 0.331. The Kier molecular flexibility index (Phi) is 5.69. The van der Waals surface area contributed by atoms with Crippen molar-refractivity contribution in [1.29, 1.82) is 0 Å². The van der Waals surface area contributed by atoms with Crippen LogP contribution >= 0.6 is 12.4 Å². The molecule has 27 heavy (non-hydrogen) atoms. The Morgan fingerprint density at radius 3 is 2.41 bits per heavy atom. The number of primary sulfonamides is 1. The summed E-state index contributed by atoms with van der Waals surface area (Å²) in [6.45, 7) is 2.68. The first-order valence-electron chi connectivity index (χ1n) is 9.28. The normalized spacial score (nSPS) is 24.4. The van der Waals surface area contributed by atoms with E-state index < -0.39 is 15.3 Å². The molecule has 1 aliphatic carbocycles. The van der Waals surface area contributed by atoms with Gasteiger partial charge in [0.25, 0.3) is 0 Å². The fourth-order valence-corrected chi connectivity index (χ4v) is 5.55. The lowest BCUT2D eigenvalue weighted by Gasteiger charge is -2.28. The van der Waals surface area contributed by atoms with E-state index >= 15 is 0 Å². The molecule has 2 aliphatic rings. The molecule has 2 aromatic rings. The summed E-state index contributed by atoms with van der Waals surface area (Å²) < 4.78 is 24.0. The summed E-state index contributed by atoms with van der Waals surface area (Å²) in [5.74, 6) is 0.0814. The number of sulfonamides is 1. The van der Waals surface area contributed by atoms with Gasteiger partial charge in [-0.3, -0.25) is 0 Å². The van der Waals surface area contributed by atoms with Crippen LogP contribution in [0.5, 0.6) is 0 Å². The minimum atomic E-state index is -3.53. The third-order valence-corrected chi connectivity index (χ3v) is 7.59. The Hall–Kier alpha value is -1.40. The molecule has 1 aliphatic heterocycles. The zero-order valence-electron chi connectivity index (χ0n) is 15.5. The van der Waals surface area contributed by atoms with E-state index in [-0.39, 0.29) is 29.8 Å². The van der Waals surface area contributed by atoms with Crippen molar-refractivity contribution in [2.24, 2.45) is 16.5 Å². The molecule has 0 radical (unpaired) electrons. The maximum atomic E-state index is 12.0. The molecule has 1 heterocycles. The molecule has 6 heteroatoms. The minimum absolute atomic E-state index is 0. The van der Waals surface area contributed by atoms with Crippen LogP contribution in [0.15, 0.2) is 54.6 Å². The maximum absolute atomic E-state index is 12.0. The summed E-state index contributed by atoms with van der Waals surface area (Å²) in [6.07, 6.45) is 3.03. The predicted octanol–water partition coefficient (Wildman–Crippen LogP) is 3.36. The smallest absolute Gasteiger partial charge is 0.212 e. The van der Waals surface area contributed by atoms with Gasteiger partial charge in [-0.15, -0.1) is 12.4 Å². The second-order valence-electron chi connectivity index (χ2n) is 7.94. The summed E-state index contributed by atoms with van der Waals surface area (Å²) in [5.41, 5.74) is 3.75. The summed E-state index contributed by atoms with van der Waals surface area (Å²) in [6, 6.07) is 19.0. The molecule has 146 valence electrons. The van der Waals surface area contributed by atoms with Gasteiger partial charge in [-0.25, -0.2) is 13.6 Å². The standard InChI is InChI=1S/C21H26N2O2S.ClH/c1-15(26(22,24)25)20-19(23-14-21(20)10-11-21)13-16-6-5-9-18(12-16)17-7-3-2-4-8-17;/h2-9,12,15,19-20,23H,10-11,13-14H2,1H3,(H2,22,24,25);1H. The van der Waals surface area contributed by atoms with Crippen LogP contribution in [0.4, 0.5) is 0 Å². The van der Waals surface area contributed by atoms with Crippen molar-refractivity contribution in [3.63, 3.8) is 0 Å². The zero-order chi connectivity index (χ0) is 18.4. The highest BCUT2D eigenvalue weighted by Crippen LogP contribution is 2.57. The van der Waals surface area contributed by atoms with Crippen molar-refractivity contribution < 1.29 is 8.42 Å². The lowest BCUT2D eigenvalue weighted by atomic mass is 9.82. The molecule has 4 nitrogen and oxygen atoms in total. The Morgan fingerprint density at radius 1 is 1.11 bits per heavy atom. The van der Waals surface area contributed by atoms with E-state index in [9.17, 15) is 8.42 Å². The van der Waals surface area contributed by atoms with E-state index in [4.69, 9.17) is 5.14 Å².